The zero-order valence-electron chi connectivity index (χ0n) is 17.9. The van der Waals surface area contributed by atoms with E-state index in [1.54, 1.807) is 32.2 Å². The van der Waals surface area contributed by atoms with Crippen LogP contribution in [0.25, 0.3) is 0 Å². The lowest BCUT2D eigenvalue weighted by Gasteiger charge is -2.27. The molecule has 1 aliphatic heterocycles. The van der Waals surface area contributed by atoms with Gasteiger partial charge in [0.2, 0.25) is 5.91 Å². The molecule has 7 heteroatoms. The fourth-order valence-electron chi connectivity index (χ4n) is 3.80. The number of carbonyl (C=O) groups excluding carboxylic acids is 3. The van der Waals surface area contributed by atoms with Crippen molar-refractivity contribution in [3.8, 4) is 5.75 Å². The zero-order chi connectivity index (χ0) is 22.1. The number of hydrogen-bond donors (Lipinski definition) is 2. The van der Waals surface area contributed by atoms with Crippen LogP contribution < -0.4 is 15.4 Å². The van der Waals surface area contributed by atoms with E-state index in [1.165, 1.54) is 0 Å². The van der Waals surface area contributed by atoms with Crippen molar-refractivity contribution < 1.29 is 19.1 Å². The van der Waals surface area contributed by atoms with Gasteiger partial charge in [-0.05, 0) is 62.1 Å². The summed E-state index contributed by atoms with van der Waals surface area (Å²) in [7, 11) is 1.58. The Morgan fingerprint density at radius 3 is 2.47 bits per heavy atom. The number of amides is 4. The smallest absolute Gasteiger partial charge is 0.326 e. The number of methoxy groups -OCH3 is 1. The lowest BCUT2D eigenvalue weighted by Crippen LogP contribution is -2.48. The Hall–Kier alpha value is -3.35. The van der Waals surface area contributed by atoms with Gasteiger partial charge >= 0.3 is 6.03 Å². The molecule has 1 heterocycles. The summed E-state index contributed by atoms with van der Waals surface area (Å²) in [4.78, 5) is 40.1. The summed E-state index contributed by atoms with van der Waals surface area (Å²) in [6, 6.07) is 11.2. The summed E-state index contributed by atoms with van der Waals surface area (Å²) in [5.41, 5.74) is 1.84. The average molecular weight is 409 g/mol. The molecule has 0 saturated carbocycles. The van der Waals surface area contributed by atoms with Crippen molar-refractivity contribution in [1.29, 1.82) is 0 Å². The van der Waals surface area contributed by atoms with Gasteiger partial charge in [-0.1, -0.05) is 31.2 Å². The minimum Gasteiger partial charge on any atom is -0.496 e. The first-order chi connectivity index (χ1) is 14.2. The first kappa shape index (κ1) is 21.4. The van der Waals surface area contributed by atoms with Crippen LogP contribution in [0.4, 0.5) is 10.5 Å². The molecule has 4 amide bonds. The Morgan fingerprint density at radius 2 is 1.87 bits per heavy atom. The normalized spacial score (nSPS) is 19.4. The standard InChI is InChI=1S/C23H27N3O4/c1-6-23(17-11-12-19(30-5)15(3)13-17)21(28)26(22(29)25-23)16(4)20(27)24-18-10-8-7-9-14(18)2/h7-13,16H,6H2,1-5H3,(H,24,27)(H,25,29). The van der Waals surface area contributed by atoms with Crippen LogP contribution in [0.5, 0.6) is 5.75 Å². The van der Waals surface area contributed by atoms with Gasteiger partial charge in [-0.15, -0.1) is 0 Å². The molecule has 1 fully saturated rings. The van der Waals surface area contributed by atoms with Gasteiger partial charge in [0.15, 0.2) is 0 Å². The molecule has 2 unspecified atom stereocenters. The van der Waals surface area contributed by atoms with Crippen LogP contribution in [-0.2, 0) is 15.1 Å². The van der Waals surface area contributed by atoms with Gasteiger partial charge in [-0.3, -0.25) is 9.59 Å². The van der Waals surface area contributed by atoms with E-state index in [1.807, 2.05) is 45.0 Å². The van der Waals surface area contributed by atoms with Crippen molar-refractivity contribution in [2.75, 3.05) is 12.4 Å². The molecular weight excluding hydrogens is 382 g/mol. The van der Waals surface area contributed by atoms with E-state index < -0.39 is 29.4 Å². The molecule has 3 rings (SSSR count). The molecule has 0 bridgehead atoms. The van der Waals surface area contributed by atoms with Gasteiger partial charge < -0.3 is 15.4 Å². The van der Waals surface area contributed by atoms with Crippen molar-refractivity contribution in [3.63, 3.8) is 0 Å². The number of para-hydroxylation sites is 1. The second-order valence-electron chi connectivity index (χ2n) is 7.53. The van der Waals surface area contributed by atoms with Crippen molar-refractivity contribution in [2.24, 2.45) is 0 Å². The highest BCUT2D eigenvalue weighted by Gasteiger charge is 2.53. The first-order valence-corrected chi connectivity index (χ1v) is 9.92. The zero-order valence-corrected chi connectivity index (χ0v) is 17.9. The lowest BCUT2D eigenvalue weighted by molar-refractivity contribution is -0.136. The first-order valence-electron chi connectivity index (χ1n) is 9.92. The summed E-state index contributed by atoms with van der Waals surface area (Å²) in [5.74, 6) is -0.165. The minimum absolute atomic E-state index is 0.353. The molecule has 0 spiro atoms. The fraction of sp³-hybridized carbons (Fsp3) is 0.348. The van der Waals surface area contributed by atoms with Gasteiger partial charge in [0, 0.05) is 5.69 Å². The third-order valence-electron chi connectivity index (χ3n) is 5.71. The van der Waals surface area contributed by atoms with Crippen LogP contribution in [0.15, 0.2) is 42.5 Å². The molecule has 7 nitrogen and oxygen atoms in total. The maximum Gasteiger partial charge on any atom is 0.326 e. The molecule has 0 radical (unpaired) electrons. The summed E-state index contributed by atoms with van der Waals surface area (Å²) in [5, 5.41) is 5.63. The average Bonchev–Trinajstić information content (AvgIpc) is 2.99. The number of urea groups is 1. The molecule has 0 aromatic heterocycles. The monoisotopic (exact) mass is 409 g/mol. The molecule has 2 N–H and O–H groups in total. The van der Waals surface area contributed by atoms with Gasteiger partial charge in [0.1, 0.15) is 17.3 Å². The van der Waals surface area contributed by atoms with Crippen molar-refractivity contribution in [2.45, 2.75) is 45.7 Å². The number of benzene rings is 2. The van der Waals surface area contributed by atoms with E-state index in [2.05, 4.69) is 10.6 Å². The number of imide groups is 1. The number of rotatable bonds is 6. The van der Waals surface area contributed by atoms with E-state index in [0.29, 0.717) is 23.4 Å². The maximum absolute atomic E-state index is 13.4. The van der Waals surface area contributed by atoms with Crippen LogP contribution in [-0.4, -0.2) is 35.9 Å². The van der Waals surface area contributed by atoms with Gasteiger partial charge in [-0.25, -0.2) is 9.69 Å². The van der Waals surface area contributed by atoms with Gasteiger partial charge in [0.25, 0.3) is 5.91 Å². The lowest BCUT2D eigenvalue weighted by atomic mass is 9.86. The predicted octanol–water partition coefficient (Wildman–Crippen LogP) is 3.50. The second-order valence-corrected chi connectivity index (χ2v) is 7.53. The van der Waals surface area contributed by atoms with Crippen LogP contribution >= 0.6 is 0 Å². The highest BCUT2D eigenvalue weighted by Crippen LogP contribution is 2.35. The molecular formula is C23H27N3O4. The molecule has 30 heavy (non-hydrogen) atoms. The third-order valence-corrected chi connectivity index (χ3v) is 5.71. The SMILES string of the molecule is CCC1(c2ccc(OC)c(C)c2)NC(=O)N(C(C)C(=O)Nc2ccccc2C)C1=O. The molecule has 1 aliphatic rings. The Morgan fingerprint density at radius 1 is 1.17 bits per heavy atom. The Kier molecular flexibility index (Phi) is 5.82. The van der Waals surface area contributed by atoms with E-state index in [4.69, 9.17) is 4.74 Å². The highest BCUT2D eigenvalue weighted by molar-refractivity contribution is 6.11. The number of carbonyl (C=O) groups is 3. The summed E-state index contributed by atoms with van der Waals surface area (Å²) in [6.45, 7) is 7.14. The van der Waals surface area contributed by atoms with Gasteiger partial charge in [-0.2, -0.15) is 0 Å². The number of anilines is 1. The van der Waals surface area contributed by atoms with E-state index in [-0.39, 0.29) is 0 Å². The maximum atomic E-state index is 13.4. The van der Waals surface area contributed by atoms with E-state index in [9.17, 15) is 14.4 Å². The summed E-state index contributed by atoms with van der Waals surface area (Å²) in [6.07, 6.45) is 0.353. The molecule has 1 saturated heterocycles. The second kappa shape index (κ2) is 8.18. The van der Waals surface area contributed by atoms with Crippen molar-refractivity contribution in [3.05, 3.63) is 59.2 Å². The molecule has 2 atom stereocenters. The Labute approximate surface area is 176 Å². The molecule has 2 aromatic rings. The third kappa shape index (κ3) is 3.51. The topological polar surface area (TPSA) is 87.7 Å². The Bertz CT molecular complexity index is 1000. The van der Waals surface area contributed by atoms with Crippen molar-refractivity contribution >= 4 is 23.5 Å². The molecule has 0 aliphatic carbocycles. The number of ether oxygens (including phenoxy) is 1. The van der Waals surface area contributed by atoms with E-state index in [0.717, 1.165) is 16.0 Å². The van der Waals surface area contributed by atoms with Gasteiger partial charge in [0.05, 0.1) is 7.11 Å². The highest BCUT2D eigenvalue weighted by atomic mass is 16.5. The summed E-state index contributed by atoms with van der Waals surface area (Å²) < 4.78 is 5.30. The Balaban J connectivity index is 1.89. The predicted molar refractivity (Wildman–Crippen MR) is 114 cm³/mol. The number of aryl methyl sites for hydroxylation is 2. The minimum atomic E-state index is -1.22. The largest absolute Gasteiger partial charge is 0.496 e. The number of hydrogen-bond acceptors (Lipinski definition) is 4. The fourth-order valence-corrected chi connectivity index (χ4v) is 3.80. The number of nitrogens with one attached hydrogen (secondary N) is 2. The van der Waals surface area contributed by atoms with Crippen LogP contribution in [0.3, 0.4) is 0 Å². The van der Waals surface area contributed by atoms with Crippen LogP contribution in [0, 0.1) is 13.8 Å². The van der Waals surface area contributed by atoms with Crippen LogP contribution in [0.1, 0.15) is 37.0 Å². The number of nitrogens with zero attached hydrogens (tertiary/aromatic N) is 1. The van der Waals surface area contributed by atoms with E-state index >= 15 is 0 Å². The molecule has 158 valence electrons. The van der Waals surface area contributed by atoms with Crippen molar-refractivity contribution in [1.82, 2.24) is 10.2 Å². The summed E-state index contributed by atoms with van der Waals surface area (Å²) >= 11 is 0. The van der Waals surface area contributed by atoms with Crippen LogP contribution in [0.2, 0.25) is 0 Å². The molecule has 2 aromatic carbocycles. The quantitative estimate of drug-likeness (QED) is 0.715.